The van der Waals surface area contributed by atoms with Crippen molar-refractivity contribution < 1.29 is 9.90 Å². The standard InChI is InChI=1S/C13H21N3O2/c1-7(2)9(5)15-10-6-14-12(8(3)4)16-11(10)13(17)18/h6-9,15H,1-5H3,(H,17,18). The molecule has 0 bridgehead atoms. The van der Waals surface area contributed by atoms with Crippen LogP contribution in [-0.2, 0) is 0 Å². The molecule has 0 amide bonds. The average molecular weight is 251 g/mol. The third-order valence-corrected chi connectivity index (χ3v) is 2.91. The predicted octanol–water partition coefficient (Wildman–Crippen LogP) is 2.75. The number of hydrogen-bond acceptors (Lipinski definition) is 4. The normalized spacial score (nSPS) is 12.8. The van der Waals surface area contributed by atoms with Gasteiger partial charge in [-0.1, -0.05) is 27.7 Å². The summed E-state index contributed by atoms with van der Waals surface area (Å²) in [6.07, 6.45) is 1.56. The molecule has 1 atom stereocenters. The summed E-state index contributed by atoms with van der Waals surface area (Å²) in [6.45, 7) is 10.0. The van der Waals surface area contributed by atoms with E-state index in [0.717, 1.165) is 0 Å². The maximum Gasteiger partial charge on any atom is 0.356 e. The lowest BCUT2D eigenvalue weighted by molar-refractivity contribution is 0.0691. The van der Waals surface area contributed by atoms with Gasteiger partial charge >= 0.3 is 5.97 Å². The molecule has 1 unspecified atom stereocenters. The van der Waals surface area contributed by atoms with Gasteiger partial charge in [-0.3, -0.25) is 0 Å². The minimum absolute atomic E-state index is 0.0428. The fourth-order valence-electron chi connectivity index (χ4n) is 1.35. The van der Waals surface area contributed by atoms with E-state index < -0.39 is 5.97 Å². The van der Waals surface area contributed by atoms with Crippen molar-refractivity contribution in [1.82, 2.24) is 9.97 Å². The number of hydrogen-bond donors (Lipinski definition) is 2. The Morgan fingerprint density at radius 3 is 2.33 bits per heavy atom. The summed E-state index contributed by atoms with van der Waals surface area (Å²) < 4.78 is 0. The highest BCUT2D eigenvalue weighted by Gasteiger charge is 2.17. The van der Waals surface area contributed by atoms with Crippen molar-refractivity contribution in [2.45, 2.75) is 46.6 Å². The van der Waals surface area contributed by atoms with Gasteiger partial charge in [0.25, 0.3) is 0 Å². The maximum atomic E-state index is 11.2. The summed E-state index contributed by atoms with van der Waals surface area (Å²) in [6, 6.07) is 0.164. The molecule has 1 aromatic heterocycles. The topological polar surface area (TPSA) is 75.1 Å². The number of rotatable bonds is 5. The molecule has 1 rings (SSSR count). The van der Waals surface area contributed by atoms with Gasteiger partial charge in [0, 0.05) is 12.0 Å². The molecule has 5 heteroatoms. The number of carboxylic acid groups (broad SMARTS) is 1. The van der Waals surface area contributed by atoms with Crippen molar-refractivity contribution in [2.24, 2.45) is 5.92 Å². The monoisotopic (exact) mass is 251 g/mol. The van der Waals surface area contributed by atoms with Crippen LogP contribution in [0.15, 0.2) is 6.20 Å². The lowest BCUT2D eigenvalue weighted by atomic mass is 10.1. The molecule has 0 aliphatic heterocycles. The van der Waals surface area contributed by atoms with Crippen LogP contribution in [-0.4, -0.2) is 27.1 Å². The summed E-state index contributed by atoms with van der Waals surface area (Å²) >= 11 is 0. The maximum absolute atomic E-state index is 11.2. The van der Waals surface area contributed by atoms with Crippen molar-refractivity contribution in [3.05, 3.63) is 17.7 Å². The first-order valence-electron chi connectivity index (χ1n) is 6.19. The molecular formula is C13H21N3O2. The molecule has 0 aliphatic rings. The second-order valence-electron chi connectivity index (χ2n) is 5.13. The molecule has 0 saturated heterocycles. The van der Waals surface area contributed by atoms with E-state index in [0.29, 0.717) is 17.4 Å². The minimum Gasteiger partial charge on any atom is -0.476 e. The molecule has 0 fully saturated rings. The highest BCUT2D eigenvalue weighted by molar-refractivity contribution is 5.91. The average Bonchev–Trinajstić information content (AvgIpc) is 2.28. The number of aromatic carboxylic acids is 1. The van der Waals surface area contributed by atoms with Gasteiger partial charge in [-0.05, 0) is 12.8 Å². The first-order valence-corrected chi connectivity index (χ1v) is 6.19. The van der Waals surface area contributed by atoms with E-state index in [1.54, 1.807) is 6.20 Å². The van der Waals surface area contributed by atoms with Gasteiger partial charge in [0.1, 0.15) is 5.82 Å². The van der Waals surface area contributed by atoms with Gasteiger partial charge in [0.15, 0.2) is 5.69 Å². The lowest BCUT2D eigenvalue weighted by Crippen LogP contribution is -2.24. The molecule has 0 radical (unpaired) electrons. The largest absolute Gasteiger partial charge is 0.476 e. The summed E-state index contributed by atoms with van der Waals surface area (Å²) in [4.78, 5) is 19.5. The van der Waals surface area contributed by atoms with Gasteiger partial charge < -0.3 is 10.4 Å². The Morgan fingerprint density at radius 2 is 1.89 bits per heavy atom. The van der Waals surface area contributed by atoms with Crippen LogP contribution < -0.4 is 5.32 Å². The van der Waals surface area contributed by atoms with Crippen LogP contribution >= 0.6 is 0 Å². The molecule has 100 valence electrons. The number of nitrogens with one attached hydrogen (secondary N) is 1. The number of carbonyl (C=O) groups is 1. The first-order chi connectivity index (χ1) is 8.32. The van der Waals surface area contributed by atoms with Crippen LogP contribution in [0.5, 0.6) is 0 Å². The second-order valence-corrected chi connectivity index (χ2v) is 5.13. The van der Waals surface area contributed by atoms with Crippen molar-refractivity contribution in [3.8, 4) is 0 Å². The Bertz CT molecular complexity index is 430. The van der Waals surface area contributed by atoms with Crippen molar-refractivity contribution >= 4 is 11.7 Å². The van der Waals surface area contributed by atoms with E-state index in [4.69, 9.17) is 0 Å². The first kappa shape index (κ1) is 14.4. The van der Waals surface area contributed by atoms with E-state index in [-0.39, 0.29) is 17.7 Å². The Morgan fingerprint density at radius 1 is 1.28 bits per heavy atom. The van der Waals surface area contributed by atoms with Crippen molar-refractivity contribution in [1.29, 1.82) is 0 Å². The highest BCUT2D eigenvalue weighted by atomic mass is 16.4. The minimum atomic E-state index is -1.03. The molecule has 1 aromatic rings. The number of anilines is 1. The van der Waals surface area contributed by atoms with Gasteiger partial charge in [0.2, 0.25) is 0 Å². The van der Waals surface area contributed by atoms with Gasteiger partial charge in [0.05, 0.1) is 11.9 Å². The lowest BCUT2D eigenvalue weighted by Gasteiger charge is -2.19. The van der Waals surface area contributed by atoms with E-state index in [1.165, 1.54) is 0 Å². The SMILES string of the molecule is CC(C)c1ncc(NC(C)C(C)C)c(C(=O)O)n1. The molecule has 18 heavy (non-hydrogen) atoms. The summed E-state index contributed by atoms with van der Waals surface area (Å²) in [5.74, 6) is 0.0315. The summed E-state index contributed by atoms with van der Waals surface area (Å²) in [5, 5.41) is 12.3. The quantitative estimate of drug-likeness (QED) is 0.841. The number of nitrogens with zero attached hydrogens (tertiary/aromatic N) is 2. The molecule has 1 heterocycles. The summed E-state index contributed by atoms with van der Waals surface area (Å²) in [5.41, 5.74) is 0.523. The van der Waals surface area contributed by atoms with Crippen LogP contribution in [0.25, 0.3) is 0 Å². The Labute approximate surface area is 108 Å². The van der Waals surface area contributed by atoms with Crippen molar-refractivity contribution in [2.75, 3.05) is 5.32 Å². The van der Waals surface area contributed by atoms with E-state index in [2.05, 4.69) is 29.1 Å². The van der Waals surface area contributed by atoms with E-state index in [1.807, 2.05) is 20.8 Å². The zero-order valence-electron chi connectivity index (χ0n) is 11.6. The fraction of sp³-hybridized carbons (Fsp3) is 0.615. The van der Waals surface area contributed by atoms with Gasteiger partial charge in [-0.2, -0.15) is 0 Å². The summed E-state index contributed by atoms with van der Waals surface area (Å²) in [7, 11) is 0. The van der Waals surface area contributed by atoms with Crippen LogP contribution in [0.3, 0.4) is 0 Å². The molecule has 2 N–H and O–H groups in total. The van der Waals surface area contributed by atoms with Crippen LogP contribution in [0.4, 0.5) is 5.69 Å². The van der Waals surface area contributed by atoms with Crippen LogP contribution in [0.2, 0.25) is 0 Å². The second kappa shape index (κ2) is 5.80. The highest BCUT2D eigenvalue weighted by Crippen LogP contribution is 2.18. The number of carboxylic acids is 1. The predicted molar refractivity (Wildman–Crippen MR) is 71.0 cm³/mol. The molecule has 0 spiro atoms. The fourth-order valence-corrected chi connectivity index (χ4v) is 1.35. The van der Waals surface area contributed by atoms with E-state index in [9.17, 15) is 9.90 Å². The number of aromatic nitrogens is 2. The Kier molecular flexibility index (Phi) is 4.64. The van der Waals surface area contributed by atoms with Gasteiger partial charge in [-0.15, -0.1) is 0 Å². The zero-order valence-corrected chi connectivity index (χ0v) is 11.6. The smallest absolute Gasteiger partial charge is 0.356 e. The molecule has 0 saturated carbocycles. The van der Waals surface area contributed by atoms with Crippen LogP contribution in [0.1, 0.15) is 56.8 Å². The third kappa shape index (κ3) is 3.42. The molecule has 0 aromatic carbocycles. The Hall–Kier alpha value is -1.65. The molecule has 5 nitrogen and oxygen atoms in total. The van der Waals surface area contributed by atoms with E-state index >= 15 is 0 Å². The molecular weight excluding hydrogens is 230 g/mol. The van der Waals surface area contributed by atoms with Gasteiger partial charge in [-0.25, -0.2) is 14.8 Å². The third-order valence-electron chi connectivity index (χ3n) is 2.91. The van der Waals surface area contributed by atoms with Crippen molar-refractivity contribution in [3.63, 3.8) is 0 Å². The molecule has 0 aliphatic carbocycles. The zero-order chi connectivity index (χ0) is 13.9. The Balaban J connectivity index is 3.08. The van der Waals surface area contributed by atoms with Crippen LogP contribution in [0, 0.1) is 5.92 Å².